The monoisotopic (exact) mass is 448 g/mol. The van der Waals surface area contributed by atoms with E-state index in [1.165, 1.54) is 36.4 Å². The van der Waals surface area contributed by atoms with Crippen LogP contribution < -0.4 is 0 Å². The number of phenolic OH excluding ortho intramolecular Hbond substituents is 4. The van der Waals surface area contributed by atoms with Crippen LogP contribution >= 0.6 is 0 Å². The van der Waals surface area contributed by atoms with E-state index in [-0.39, 0.29) is 34.1 Å². The van der Waals surface area contributed by atoms with Crippen molar-refractivity contribution in [3.63, 3.8) is 0 Å². The third-order valence-electron chi connectivity index (χ3n) is 4.43. The highest BCUT2D eigenvalue weighted by molar-refractivity contribution is 7.91. The normalized spacial score (nSPS) is 10.3. The van der Waals surface area contributed by atoms with Crippen molar-refractivity contribution in [2.45, 2.75) is 9.79 Å². The fourth-order valence-electron chi connectivity index (χ4n) is 2.82. The molecule has 0 spiro atoms. The molecule has 162 valence electrons. The maximum Gasteiger partial charge on any atom is 0.200 e. The van der Waals surface area contributed by atoms with E-state index in [9.17, 15) is 29.8 Å². The molecule has 0 aliphatic carbocycles. The minimum absolute atomic E-state index is 0.0379. The number of ketones is 1. The largest absolute Gasteiger partial charge is 0.606 e. The molecular formula is C25H20O6S. The van der Waals surface area contributed by atoms with Gasteiger partial charge in [-0.3, -0.25) is 4.79 Å². The lowest BCUT2D eigenvalue weighted by atomic mass is 10.0. The summed E-state index contributed by atoms with van der Waals surface area (Å²) in [6.07, 6.45) is 0. The number of para-hydroxylation sites is 4. The van der Waals surface area contributed by atoms with E-state index in [4.69, 9.17) is 0 Å². The Morgan fingerprint density at radius 3 is 1.19 bits per heavy atom. The standard InChI is InChI=1S/C13H10O3.C12H10O3S/c14-11-7-3-1-5-9(11)13(16)10-6-2-4-8-12(10)15;13-9-5-1-3-7-11(9)16(15)12-8-4-2-6-10(12)14/h1-8,14-15H;1-8,13-14H. The molecule has 0 radical (unpaired) electrons. The van der Waals surface area contributed by atoms with E-state index in [0.29, 0.717) is 9.79 Å². The number of aromatic hydroxyl groups is 4. The maximum absolute atomic E-state index is 12.1. The van der Waals surface area contributed by atoms with Gasteiger partial charge in [0.05, 0.1) is 11.1 Å². The molecule has 0 fully saturated rings. The summed E-state index contributed by atoms with van der Waals surface area (Å²) in [6.45, 7) is 0. The summed E-state index contributed by atoms with van der Waals surface area (Å²) >= 11 is -1.57. The van der Waals surface area contributed by atoms with Gasteiger partial charge >= 0.3 is 0 Å². The molecule has 4 aromatic rings. The molecule has 0 bridgehead atoms. The number of benzene rings is 4. The van der Waals surface area contributed by atoms with E-state index >= 15 is 0 Å². The van der Waals surface area contributed by atoms with Gasteiger partial charge in [-0.1, -0.05) is 48.5 Å². The molecule has 0 aromatic heterocycles. The van der Waals surface area contributed by atoms with Gasteiger partial charge in [0, 0.05) is 11.2 Å². The Morgan fingerprint density at radius 1 is 0.531 bits per heavy atom. The predicted octanol–water partition coefficient (Wildman–Crippen LogP) is 4.59. The van der Waals surface area contributed by atoms with Crippen molar-refractivity contribution in [3.05, 3.63) is 108 Å². The van der Waals surface area contributed by atoms with Crippen molar-refractivity contribution in [3.8, 4) is 23.0 Å². The van der Waals surface area contributed by atoms with Gasteiger partial charge < -0.3 is 25.0 Å². The highest BCUT2D eigenvalue weighted by Crippen LogP contribution is 2.32. The first kappa shape index (κ1) is 22.7. The van der Waals surface area contributed by atoms with Crippen LogP contribution in [0.5, 0.6) is 23.0 Å². The predicted molar refractivity (Wildman–Crippen MR) is 121 cm³/mol. The molecule has 0 atom stereocenters. The van der Waals surface area contributed by atoms with Crippen molar-refractivity contribution in [1.29, 1.82) is 0 Å². The van der Waals surface area contributed by atoms with E-state index < -0.39 is 17.0 Å². The Hall–Kier alpha value is -3.94. The van der Waals surface area contributed by atoms with Gasteiger partial charge in [0.15, 0.2) is 27.1 Å². The molecule has 0 aliphatic rings. The first-order chi connectivity index (χ1) is 15.4. The molecule has 0 heterocycles. The van der Waals surface area contributed by atoms with Crippen LogP contribution in [0.2, 0.25) is 0 Å². The maximum atomic E-state index is 12.1. The summed E-state index contributed by atoms with van der Waals surface area (Å²) in [6, 6.07) is 25.3. The summed E-state index contributed by atoms with van der Waals surface area (Å²) in [5.74, 6) is -0.643. The SMILES string of the molecule is O=C(c1ccccc1O)c1ccccc1O.[O-][S+](c1ccccc1O)c1ccccc1O. The lowest BCUT2D eigenvalue weighted by Gasteiger charge is -2.11. The molecule has 0 saturated carbocycles. The second-order valence-corrected chi connectivity index (χ2v) is 7.98. The fourth-order valence-corrected chi connectivity index (χ4v) is 3.98. The summed E-state index contributed by atoms with van der Waals surface area (Å²) < 4.78 is 12.1. The minimum Gasteiger partial charge on any atom is -0.606 e. The molecule has 32 heavy (non-hydrogen) atoms. The average Bonchev–Trinajstić information content (AvgIpc) is 2.80. The Kier molecular flexibility index (Phi) is 7.38. The number of rotatable bonds is 4. The summed E-state index contributed by atoms with van der Waals surface area (Å²) in [7, 11) is 0. The van der Waals surface area contributed by atoms with Gasteiger partial charge in [0.25, 0.3) is 0 Å². The molecule has 0 amide bonds. The minimum atomic E-state index is -1.57. The number of phenols is 4. The van der Waals surface area contributed by atoms with Gasteiger partial charge in [-0.2, -0.15) is 0 Å². The summed E-state index contributed by atoms with van der Waals surface area (Å²) in [5.41, 5.74) is 0.369. The fraction of sp³-hybridized carbons (Fsp3) is 0. The lowest BCUT2D eigenvalue weighted by Crippen LogP contribution is -2.02. The molecule has 4 N–H and O–H groups in total. The Balaban J connectivity index is 0.000000181. The molecule has 0 aliphatic heterocycles. The van der Waals surface area contributed by atoms with Crippen LogP contribution in [0.15, 0.2) is 107 Å². The average molecular weight is 448 g/mol. The summed E-state index contributed by atoms with van der Waals surface area (Å²) in [5, 5.41) is 38.2. The van der Waals surface area contributed by atoms with Gasteiger partial charge in [-0.25, -0.2) is 0 Å². The van der Waals surface area contributed by atoms with E-state index in [0.717, 1.165) is 0 Å². The van der Waals surface area contributed by atoms with Crippen LogP contribution in [0.4, 0.5) is 0 Å². The number of hydrogen-bond acceptors (Lipinski definition) is 6. The molecule has 7 heteroatoms. The van der Waals surface area contributed by atoms with Crippen molar-refractivity contribution in [2.75, 3.05) is 0 Å². The second-order valence-electron chi connectivity index (χ2n) is 6.57. The number of carbonyl (C=O) groups is 1. The zero-order valence-electron chi connectivity index (χ0n) is 16.8. The Morgan fingerprint density at radius 2 is 0.844 bits per heavy atom. The van der Waals surface area contributed by atoms with Crippen LogP contribution in [0.25, 0.3) is 0 Å². The van der Waals surface area contributed by atoms with Crippen LogP contribution in [-0.2, 0) is 11.2 Å². The quantitative estimate of drug-likeness (QED) is 0.268. The first-order valence-corrected chi connectivity index (χ1v) is 10.6. The highest BCUT2D eigenvalue weighted by Gasteiger charge is 2.21. The number of hydrogen-bond donors (Lipinski definition) is 4. The topological polar surface area (TPSA) is 121 Å². The molecule has 0 saturated heterocycles. The zero-order valence-corrected chi connectivity index (χ0v) is 17.6. The van der Waals surface area contributed by atoms with Gasteiger partial charge in [-0.05, 0) is 48.5 Å². The van der Waals surface area contributed by atoms with Crippen LogP contribution in [0, 0.1) is 0 Å². The smallest absolute Gasteiger partial charge is 0.200 e. The molecule has 4 aromatic carbocycles. The third kappa shape index (κ3) is 5.21. The van der Waals surface area contributed by atoms with Crippen molar-refractivity contribution < 1.29 is 29.8 Å². The molecule has 6 nitrogen and oxygen atoms in total. The molecule has 0 unspecified atom stereocenters. The zero-order chi connectivity index (χ0) is 23.1. The lowest BCUT2D eigenvalue weighted by molar-refractivity contribution is 0.103. The van der Waals surface area contributed by atoms with E-state index in [1.807, 2.05) is 0 Å². The van der Waals surface area contributed by atoms with Gasteiger partial charge in [0.2, 0.25) is 0 Å². The molecular weight excluding hydrogens is 428 g/mol. The van der Waals surface area contributed by atoms with Crippen LogP contribution in [0.3, 0.4) is 0 Å². The third-order valence-corrected chi connectivity index (χ3v) is 5.92. The van der Waals surface area contributed by atoms with E-state index in [2.05, 4.69) is 0 Å². The van der Waals surface area contributed by atoms with Crippen molar-refractivity contribution in [2.24, 2.45) is 0 Å². The van der Waals surface area contributed by atoms with Crippen LogP contribution in [0.1, 0.15) is 15.9 Å². The van der Waals surface area contributed by atoms with Gasteiger partial charge in [-0.15, -0.1) is 0 Å². The van der Waals surface area contributed by atoms with E-state index in [1.54, 1.807) is 60.7 Å². The highest BCUT2D eigenvalue weighted by atomic mass is 32.2. The first-order valence-electron chi connectivity index (χ1n) is 9.48. The Bertz CT molecular complexity index is 1130. The van der Waals surface area contributed by atoms with Crippen molar-refractivity contribution in [1.82, 2.24) is 0 Å². The van der Waals surface area contributed by atoms with Gasteiger partial charge in [0.1, 0.15) is 11.5 Å². The Labute approximate surface area is 187 Å². The van der Waals surface area contributed by atoms with Crippen molar-refractivity contribution >= 4 is 17.0 Å². The summed E-state index contributed by atoms with van der Waals surface area (Å²) in [4.78, 5) is 12.6. The second kappa shape index (κ2) is 10.4. The number of carbonyl (C=O) groups excluding carboxylic acids is 1. The molecule has 4 rings (SSSR count). The van der Waals surface area contributed by atoms with Crippen LogP contribution in [-0.4, -0.2) is 30.8 Å².